The van der Waals surface area contributed by atoms with Gasteiger partial charge < -0.3 is 11.1 Å². The highest BCUT2D eigenvalue weighted by atomic mass is 14.9. The third-order valence-corrected chi connectivity index (χ3v) is 3.49. The molecule has 0 radical (unpaired) electrons. The topological polar surface area (TPSA) is 38.0 Å². The molecule has 0 saturated carbocycles. The maximum atomic E-state index is 6.10. The summed E-state index contributed by atoms with van der Waals surface area (Å²) < 4.78 is 0. The van der Waals surface area contributed by atoms with Crippen molar-refractivity contribution in [3.63, 3.8) is 0 Å². The lowest BCUT2D eigenvalue weighted by atomic mass is 10.0. The molecule has 2 nitrogen and oxygen atoms in total. The van der Waals surface area contributed by atoms with E-state index in [0.717, 1.165) is 28.2 Å². The summed E-state index contributed by atoms with van der Waals surface area (Å²) >= 11 is 0. The molecule has 0 aromatic heterocycles. The molecule has 0 amide bonds. The number of anilines is 3. The molecule has 0 aliphatic rings. The molecule has 0 aliphatic heterocycles. The highest BCUT2D eigenvalue weighted by molar-refractivity contribution is 5.83. The van der Waals surface area contributed by atoms with Gasteiger partial charge in [0.1, 0.15) is 0 Å². The first-order valence-electron chi connectivity index (χ1n) is 7.01. The number of nitrogens with one attached hydrogen (secondary N) is 1. The van der Waals surface area contributed by atoms with Crippen LogP contribution in [0.1, 0.15) is 5.56 Å². The zero-order valence-electron chi connectivity index (χ0n) is 12.0. The standard InChI is InChI=1S/C19H18N2/c1-14-11-12-19(17(20)13-14)21-18-10-6-5-9-16(18)15-7-3-2-4-8-15/h2-13,21H,20H2,1H3. The van der Waals surface area contributed by atoms with Crippen molar-refractivity contribution in [2.75, 3.05) is 11.1 Å². The number of rotatable bonds is 3. The number of aryl methyl sites for hydroxylation is 1. The Labute approximate surface area is 125 Å². The largest absolute Gasteiger partial charge is 0.397 e. The highest BCUT2D eigenvalue weighted by Gasteiger charge is 2.06. The molecular weight excluding hydrogens is 256 g/mol. The van der Waals surface area contributed by atoms with Crippen molar-refractivity contribution in [2.24, 2.45) is 0 Å². The molecule has 3 aromatic rings. The van der Waals surface area contributed by atoms with Crippen LogP contribution in [-0.2, 0) is 0 Å². The van der Waals surface area contributed by atoms with Crippen LogP contribution in [0.2, 0.25) is 0 Å². The molecule has 0 saturated heterocycles. The molecular formula is C19H18N2. The van der Waals surface area contributed by atoms with Gasteiger partial charge in [-0.2, -0.15) is 0 Å². The van der Waals surface area contributed by atoms with Crippen LogP contribution < -0.4 is 11.1 Å². The van der Waals surface area contributed by atoms with E-state index in [1.54, 1.807) is 0 Å². The van der Waals surface area contributed by atoms with E-state index < -0.39 is 0 Å². The van der Waals surface area contributed by atoms with Crippen molar-refractivity contribution < 1.29 is 0 Å². The van der Waals surface area contributed by atoms with Gasteiger partial charge in [0.05, 0.1) is 11.4 Å². The second-order valence-electron chi connectivity index (χ2n) is 5.13. The minimum atomic E-state index is 0.762. The Kier molecular flexibility index (Phi) is 3.61. The van der Waals surface area contributed by atoms with E-state index in [2.05, 4.69) is 35.6 Å². The fourth-order valence-corrected chi connectivity index (χ4v) is 2.40. The van der Waals surface area contributed by atoms with Gasteiger partial charge in [-0.1, -0.05) is 54.6 Å². The van der Waals surface area contributed by atoms with E-state index in [4.69, 9.17) is 5.73 Å². The fraction of sp³-hybridized carbons (Fsp3) is 0.0526. The van der Waals surface area contributed by atoms with Gasteiger partial charge in [0.15, 0.2) is 0 Å². The van der Waals surface area contributed by atoms with Crippen LogP contribution in [-0.4, -0.2) is 0 Å². The SMILES string of the molecule is Cc1ccc(Nc2ccccc2-c2ccccc2)c(N)c1. The summed E-state index contributed by atoms with van der Waals surface area (Å²) in [4.78, 5) is 0. The van der Waals surface area contributed by atoms with Gasteiger partial charge in [0.25, 0.3) is 0 Å². The van der Waals surface area contributed by atoms with Crippen LogP contribution in [0.5, 0.6) is 0 Å². The Balaban J connectivity index is 2.00. The quantitative estimate of drug-likeness (QED) is 0.660. The maximum absolute atomic E-state index is 6.10. The molecule has 0 aliphatic carbocycles. The molecule has 0 atom stereocenters. The van der Waals surface area contributed by atoms with E-state index in [1.165, 1.54) is 5.56 Å². The second-order valence-corrected chi connectivity index (χ2v) is 5.13. The fourth-order valence-electron chi connectivity index (χ4n) is 2.40. The monoisotopic (exact) mass is 274 g/mol. The molecule has 104 valence electrons. The molecule has 0 spiro atoms. The maximum Gasteiger partial charge on any atom is 0.0618 e. The molecule has 0 heterocycles. The van der Waals surface area contributed by atoms with Gasteiger partial charge >= 0.3 is 0 Å². The van der Waals surface area contributed by atoms with E-state index in [9.17, 15) is 0 Å². The molecule has 0 unspecified atom stereocenters. The van der Waals surface area contributed by atoms with Crippen molar-refractivity contribution in [3.8, 4) is 11.1 Å². The van der Waals surface area contributed by atoms with Gasteiger partial charge in [-0.15, -0.1) is 0 Å². The van der Waals surface area contributed by atoms with Gasteiger partial charge in [0, 0.05) is 11.3 Å². The van der Waals surface area contributed by atoms with Crippen LogP contribution in [0.3, 0.4) is 0 Å². The lowest BCUT2D eigenvalue weighted by Gasteiger charge is -2.14. The highest BCUT2D eigenvalue weighted by Crippen LogP contribution is 2.32. The van der Waals surface area contributed by atoms with Gasteiger partial charge in [0.2, 0.25) is 0 Å². The van der Waals surface area contributed by atoms with Crippen LogP contribution in [0.15, 0.2) is 72.8 Å². The van der Waals surface area contributed by atoms with Crippen molar-refractivity contribution in [1.82, 2.24) is 0 Å². The molecule has 21 heavy (non-hydrogen) atoms. The molecule has 0 fully saturated rings. The Morgan fingerprint density at radius 3 is 2.24 bits per heavy atom. The van der Waals surface area contributed by atoms with Crippen LogP contribution in [0, 0.1) is 6.92 Å². The number of para-hydroxylation sites is 1. The molecule has 0 bridgehead atoms. The third kappa shape index (κ3) is 2.90. The Bertz CT molecular complexity index is 749. The van der Waals surface area contributed by atoms with Crippen LogP contribution >= 0.6 is 0 Å². The summed E-state index contributed by atoms with van der Waals surface area (Å²) in [6.07, 6.45) is 0. The predicted molar refractivity (Wildman–Crippen MR) is 90.8 cm³/mol. The first kappa shape index (κ1) is 13.3. The summed E-state index contributed by atoms with van der Waals surface area (Å²) in [6, 6.07) is 24.7. The predicted octanol–water partition coefficient (Wildman–Crippen LogP) is 4.99. The average Bonchev–Trinajstić information content (AvgIpc) is 2.51. The van der Waals surface area contributed by atoms with E-state index in [1.807, 2.05) is 49.4 Å². The number of hydrogen-bond donors (Lipinski definition) is 2. The third-order valence-electron chi connectivity index (χ3n) is 3.49. The van der Waals surface area contributed by atoms with Crippen molar-refractivity contribution in [2.45, 2.75) is 6.92 Å². The van der Waals surface area contributed by atoms with Gasteiger partial charge in [-0.25, -0.2) is 0 Å². The first-order chi connectivity index (χ1) is 10.2. The Morgan fingerprint density at radius 1 is 0.762 bits per heavy atom. The van der Waals surface area contributed by atoms with Crippen molar-refractivity contribution in [3.05, 3.63) is 78.4 Å². The minimum absolute atomic E-state index is 0.762. The Morgan fingerprint density at radius 2 is 1.48 bits per heavy atom. The summed E-state index contributed by atoms with van der Waals surface area (Å²) in [7, 11) is 0. The molecule has 2 heteroatoms. The smallest absolute Gasteiger partial charge is 0.0618 e. The number of benzene rings is 3. The number of hydrogen-bond acceptors (Lipinski definition) is 2. The average molecular weight is 274 g/mol. The van der Waals surface area contributed by atoms with E-state index in [-0.39, 0.29) is 0 Å². The lowest BCUT2D eigenvalue weighted by Crippen LogP contribution is -1.98. The molecule has 3 N–H and O–H groups in total. The minimum Gasteiger partial charge on any atom is -0.397 e. The lowest BCUT2D eigenvalue weighted by molar-refractivity contribution is 1.45. The van der Waals surface area contributed by atoms with Gasteiger partial charge in [-0.05, 0) is 36.2 Å². The summed E-state index contributed by atoms with van der Waals surface area (Å²) in [5, 5.41) is 3.44. The van der Waals surface area contributed by atoms with Gasteiger partial charge in [-0.3, -0.25) is 0 Å². The van der Waals surface area contributed by atoms with Crippen LogP contribution in [0.4, 0.5) is 17.1 Å². The van der Waals surface area contributed by atoms with E-state index >= 15 is 0 Å². The molecule has 3 rings (SSSR count). The molecule has 3 aromatic carbocycles. The first-order valence-corrected chi connectivity index (χ1v) is 7.01. The zero-order valence-corrected chi connectivity index (χ0v) is 12.0. The summed E-state index contributed by atoms with van der Waals surface area (Å²) in [5.74, 6) is 0. The summed E-state index contributed by atoms with van der Waals surface area (Å²) in [6.45, 7) is 2.04. The Hall–Kier alpha value is -2.74. The normalized spacial score (nSPS) is 10.3. The van der Waals surface area contributed by atoms with Crippen molar-refractivity contribution in [1.29, 1.82) is 0 Å². The zero-order chi connectivity index (χ0) is 14.7. The second kappa shape index (κ2) is 5.71. The van der Waals surface area contributed by atoms with Crippen molar-refractivity contribution >= 4 is 17.1 Å². The number of nitrogen functional groups attached to an aromatic ring is 1. The van der Waals surface area contributed by atoms with Crippen LogP contribution in [0.25, 0.3) is 11.1 Å². The number of nitrogens with two attached hydrogens (primary N) is 1. The summed E-state index contributed by atoms with van der Waals surface area (Å²) in [5.41, 5.74) is 12.4. The van der Waals surface area contributed by atoms with E-state index in [0.29, 0.717) is 0 Å².